The van der Waals surface area contributed by atoms with Crippen molar-refractivity contribution in [2.75, 3.05) is 0 Å². The standard InChI is InChI=1S/C20H12.C17H10O/c1-5-13-6-2-11-17-18-12-4-8-14-7-3-10-16(20(14)18)15(9-1)19(13)17;18-17-14-8-2-1-7-12(14)13-9-3-5-11-6-4-10-15(17)16(11)13/h1-12H;1-10H. The van der Waals surface area contributed by atoms with Crippen LogP contribution in [0.25, 0.3) is 65.0 Å². The van der Waals surface area contributed by atoms with Crippen molar-refractivity contribution in [3.05, 3.63) is 145 Å². The maximum atomic E-state index is 12.5. The van der Waals surface area contributed by atoms with E-state index in [0.717, 1.165) is 27.5 Å². The Morgan fingerprint density at radius 1 is 0.289 bits per heavy atom. The van der Waals surface area contributed by atoms with Crippen LogP contribution in [0.4, 0.5) is 0 Å². The molecule has 9 rings (SSSR count). The van der Waals surface area contributed by atoms with Gasteiger partial charge in [0.2, 0.25) is 0 Å². The van der Waals surface area contributed by atoms with Gasteiger partial charge in [-0.2, -0.15) is 0 Å². The van der Waals surface area contributed by atoms with Gasteiger partial charge in [-0.3, -0.25) is 4.79 Å². The van der Waals surface area contributed by atoms with E-state index in [2.05, 4.69) is 91.0 Å². The molecule has 0 saturated carbocycles. The summed E-state index contributed by atoms with van der Waals surface area (Å²) >= 11 is 0. The molecule has 0 unspecified atom stereocenters. The lowest BCUT2D eigenvalue weighted by molar-refractivity contribution is 0.104. The molecule has 1 aliphatic rings. The number of carbonyl (C=O) groups excluding carboxylic acids is 1. The Morgan fingerprint density at radius 3 is 1.16 bits per heavy atom. The third-order valence-electron chi connectivity index (χ3n) is 8.00. The Hall–Kier alpha value is -5.01. The number of fused-ring (bicyclic) bond motifs is 4. The highest BCUT2D eigenvalue weighted by Gasteiger charge is 2.24. The quantitative estimate of drug-likeness (QED) is 0.155. The molecule has 0 amide bonds. The van der Waals surface area contributed by atoms with Gasteiger partial charge in [-0.25, -0.2) is 0 Å². The van der Waals surface area contributed by atoms with Crippen molar-refractivity contribution < 1.29 is 4.79 Å². The first-order valence-corrected chi connectivity index (χ1v) is 13.0. The van der Waals surface area contributed by atoms with Crippen LogP contribution < -0.4 is 0 Å². The van der Waals surface area contributed by atoms with Crippen molar-refractivity contribution in [3.8, 4) is 11.1 Å². The second-order valence-corrected chi connectivity index (χ2v) is 10.0. The average molecular weight is 483 g/mol. The number of rotatable bonds is 0. The van der Waals surface area contributed by atoms with Gasteiger partial charge in [-0.05, 0) is 59.6 Å². The molecule has 0 bridgehead atoms. The van der Waals surface area contributed by atoms with Crippen molar-refractivity contribution in [2.45, 2.75) is 0 Å². The van der Waals surface area contributed by atoms with Crippen LogP contribution in [-0.2, 0) is 0 Å². The maximum Gasteiger partial charge on any atom is 0.194 e. The molecule has 0 N–H and O–H groups in total. The summed E-state index contributed by atoms with van der Waals surface area (Å²) in [5, 5.41) is 13.1. The zero-order valence-corrected chi connectivity index (χ0v) is 20.6. The first kappa shape index (κ1) is 21.1. The van der Waals surface area contributed by atoms with Crippen molar-refractivity contribution in [2.24, 2.45) is 0 Å². The van der Waals surface area contributed by atoms with E-state index in [0.29, 0.717) is 0 Å². The maximum absolute atomic E-state index is 12.5. The number of ketones is 1. The summed E-state index contributed by atoms with van der Waals surface area (Å²) in [4.78, 5) is 12.5. The summed E-state index contributed by atoms with van der Waals surface area (Å²) in [6, 6.07) is 46.4. The van der Waals surface area contributed by atoms with Crippen molar-refractivity contribution >= 4 is 59.6 Å². The van der Waals surface area contributed by atoms with Crippen molar-refractivity contribution in [1.82, 2.24) is 0 Å². The van der Waals surface area contributed by atoms with Gasteiger partial charge in [0.1, 0.15) is 0 Å². The van der Waals surface area contributed by atoms with Crippen LogP contribution in [0.2, 0.25) is 0 Å². The van der Waals surface area contributed by atoms with Gasteiger partial charge >= 0.3 is 0 Å². The van der Waals surface area contributed by atoms with Crippen LogP contribution >= 0.6 is 0 Å². The Morgan fingerprint density at radius 2 is 0.658 bits per heavy atom. The summed E-state index contributed by atoms with van der Waals surface area (Å²) < 4.78 is 0. The van der Waals surface area contributed by atoms with Crippen LogP contribution in [0.1, 0.15) is 15.9 Å². The van der Waals surface area contributed by atoms with Gasteiger partial charge in [0.15, 0.2) is 5.78 Å². The molecule has 8 aromatic rings. The molecule has 0 aliphatic heterocycles. The molecule has 0 fully saturated rings. The fourth-order valence-corrected chi connectivity index (χ4v) is 6.40. The second-order valence-electron chi connectivity index (χ2n) is 10.0. The van der Waals surface area contributed by atoms with E-state index in [9.17, 15) is 4.79 Å². The monoisotopic (exact) mass is 482 g/mol. The molecule has 1 aliphatic carbocycles. The summed E-state index contributed by atoms with van der Waals surface area (Å²) in [6.07, 6.45) is 0. The second kappa shape index (κ2) is 7.99. The molecule has 1 heteroatoms. The molecule has 8 aromatic carbocycles. The summed E-state index contributed by atoms with van der Waals surface area (Å²) in [6.45, 7) is 0. The predicted molar refractivity (Wildman–Crippen MR) is 160 cm³/mol. The van der Waals surface area contributed by atoms with Gasteiger partial charge < -0.3 is 0 Å². The summed E-state index contributed by atoms with van der Waals surface area (Å²) in [5.74, 6) is 0.134. The highest BCUT2D eigenvalue weighted by molar-refractivity contribution is 6.32. The van der Waals surface area contributed by atoms with Crippen LogP contribution in [0, 0.1) is 0 Å². The van der Waals surface area contributed by atoms with Crippen LogP contribution in [0.15, 0.2) is 133 Å². The SMILES string of the molecule is O=C1c2ccccc2-c2cccc3cccc1c23.c1cc2cccc3c4cccc5cccc(c(c1)c23)c54. The lowest BCUT2D eigenvalue weighted by Gasteiger charge is -2.19. The van der Waals surface area contributed by atoms with Crippen LogP contribution in [0.3, 0.4) is 0 Å². The smallest absolute Gasteiger partial charge is 0.194 e. The topological polar surface area (TPSA) is 17.1 Å². The van der Waals surface area contributed by atoms with Gasteiger partial charge in [0, 0.05) is 16.5 Å². The minimum atomic E-state index is 0.134. The predicted octanol–water partition coefficient (Wildman–Crippen LogP) is 9.79. The molecule has 38 heavy (non-hydrogen) atoms. The lowest BCUT2D eigenvalue weighted by atomic mass is 9.83. The van der Waals surface area contributed by atoms with E-state index >= 15 is 0 Å². The average Bonchev–Trinajstić information content (AvgIpc) is 2.99. The van der Waals surface area contributed by atoms with Gasteiger partial charge in [0.25, 0.3) is 0 Å². The highest BCUT2D eigenvalue weighted by atomic mass is 16.1. The summed E-state index contributed by atoms with van der Waals surface area (Å²) in [5.41, 5.74) is 3.84. The molecule has 0 radical (unpaired) electrons. The molecular weight excluding hydrogens is 460 g/mol. The van der Waals surface area contributed by atoms with Gasteiger partial charge in [0.05, 0.1) is 0 Å². The van der Waals surface area contributed by atoms with E-state index in [-0.39, 0.29) is 5.78 Å². The fraction of sp³-hybridized carbons (Fsp3) is 0. The zero-order valence-electron chi connectivity index (χ0n) is 20.6. The molecule has 0 heterocycles. The first-order chi connectivity index (χ1) is 18.8. The highest BCUT2D eigenvalue weighted by Crippen LogP contribution is 2.40. The molecule has 0 atom stereocenters. The third-order valence-corrected chi connectivity index (χ3v) is 8.00. The Balaban J connectivity index is 0.000000119. The molecule has 0 saturated heterocycles. The number of carbonyl (C=O) groups is 1. The van der Waals surface area contributed by atoms with Gasteiger partial charge in [-0.15, -0.1) is 0 Å². The van der Waals surface area contributed by atoms with E-state index < -0.39 is 0 Å². The molecule has 1 nitrogen and oxygen atoms in total. The number of hydrogen-bond acceptors (Lipinski definition) is 1. The van der Waals surface area contributed by atoms with Crippen LogP contribution in [-0.4, -0.2) is 5.78 Å². The number of hydrogen-bond donors (Lipinski definition) is 0. The van der Waals surface area contributed by atoms with E-state index in [1.165, 1.54) is 48.7 Å². The van der Waals surface area contributed by atoms with Crippen molar-refractivity contribution in [3.63, 3.8) is 0 Å². The Labute approximate surface area is 219 Å². The molecule has 0 spiro atoms. The zero-order chi connectivity index (χ0) is 25.2. The Bertz CT molecular complexity index is 2030. The van der Waals surface area contributed by atoms with E-state index in [4.69, 9.17) is 0 Å². The summed E-state index contributed by atoms with van der Waals surface area (Å²) in [7, 11) is 0. The lowest BCUT2D eigenvalue weighted by Crippen LogP contribution is -2.09. The third kappa shape index (κ3) is 2.90. The normalized spacial score (nSPS) is 12.3. The minimum absolute atomic E-state index is 0.134. The number of benzene rings is 8. The molecule has 176 valence electrons. The largest absolute Gasteiger partial charge is 0.289 e. The Kier molecular flexibility index (Phi) is 4.44. The van der Waals surface area contributed by atoms with Crippen molar-refractivity contribution in [1.29, 1.82) is 0 Å². The van der Waals surface area contributed by atoms with E-state index in [1.807, 2.05) is 42.5 Å². The minimum Gasteiger partial charge on any atom is -0.289 e. The van der Waals surface area contributed by atoms with Crippen LogP contribution in [0.5, 0.6) is 0 Å². The first-order valence-electron chi connectivity index (χ1n) is 13.0. The molecule has 0 aromatic heterocycles. The van der Waals surface area contributed by atoms with Gasteiger partial charge in [-0.1, -0.05) is 133 Å². The van der Waals surface area contributed by atoms with E-state index in [1.54, 1.807) is 0 Å². The molecular formula is C37H22O. The fourth-order valence-electron chi connectivity index (χ4n) is 6.40.